The van der Waals surface area contributed by atoms with Crippen molar-refractivity contribution in [3.63, 3.8) is 0 Å². The normalized spacial score (nSPS) is 17.6. The van der Waals surface area contributed by atoms with Crippen LogP contribution in [-0.2, 0) is 16.1 Å². The molecule has 0 bridgehead atoms. The van der Waals surface area contributed by atoms with Crippen LogP contribution in [0.25, 0.3) is 5.57 Å². The highest BCUT2D eigenvalue weighted by atomic mass is 16.5. The molecule has 4 rings (SSSR count). The first-order valence-electron chi connectivity index (χ1n) is 11.1. The minimum Gasteiger partial charge on any atom is -0.493 e. The first-order valence-corrected chi connectivity index (χ1v) is 11.1. The Balaban J connectivity index is 1.66. The van der Waals surface area contributed by atoms with Gasteiger partial charge >= 0.3 is 0 Å². The number of benzene rings is 1. The molecule has 2 aliphatic rings. The second kappa shape index (κ2) is 9.53. The molecule has 7 heteroatoms. The van der Waals surface area contributed by atoms with Crippen LogP contribution in [-0.4, -0.2) is 71.3 Å². The average molecular weight is 435 g/mol. The van der Waals surface area contributed by atoms with Crippen molar-refractivity contribution in [2.75, 3.05) is 39.8 Å². The molecular formula is C25H30N4O3. The largest absolute Gasteiger partial charge is 0.493 e. The van der Waals surface area contributed by atoms with Gasteiger partial charge in [0.1, 0.15) is 11.4 Å². The standard InChI is InChI=1S/C25H30N4O3/c1-18(2)17-32-21-9-7-19(8-10-21)22-23(28-14-12-27(3)13-15-28)25(31)29(24(22)30)16-20-6-4-5-11-26-20/h4-11,18H,12-17H2,1-3H3. The van der Waals surface area contributed by atoms with E-state index in [4.69, 9.17) is 4.74 Å². The third-order valence-electron chi connectivity index (χ3n) is 5.74. The summed E-state index contributed by atoms with van der Waals surface area (Å²) in [4.78, 5) is 36.9. The highest BCUT2D eigenvalue weighted by Gasteiger charge is 2.42. The molecule has 2 aliphatic heterocycles. The number of hydrogen-bond donors (Lipinski definition) is 0. The number of rotatable bonds is 7. The Bertz CT molecular complexity index is 994. The highest BCUT2D eigenvalue weighted by molar-refractivity contribution is 6.35. The Hall–Kier alpha value is -3.19. The zero-order valence-electron chi connectivity index (χ0n) is 19.0. The number of ether oxygens (including phenoxy) is 1. The lowest BCUT2D eigenvalue weighted by Gasteiger charge is -2.34. The molecule has 0 atom stereocenters. The molecule has 1 aromatic heterocycles. The molecule has 1 saturated heterocycles. The van der Waals surface area contributed by atoms with Crippen molar-refractivity contribution in [3.05, 3.63) is 65.6 Å². The molecule has 32 heavy (non-hydrogen) atoms. The lowest BCUT2D eigenvalue weighted by Crippen LogP contribution is -2.46. The maximum absolute atomic E-state index is 13.5. The van der Waals surface area contributed by atoms with Crippen LogP contribution in [0.5, 0.6) is 5.75 Å². The third kappa shape index (κ3) is 4.67. The summed E-state index contributed by atoms with van der Waals surface area (Å²) in [6.45, 7) is 8.10. The summed E-state index contributed by atoms with van der Waals surface area (Å²) in [6.07, 6.45) is 1.67. The van der Waals surface area contributed by atoms with Crippen molar-refractivity contribution < 1.29 is 14.3 Å². The molecule has 0 N–H and O–H groups in total. The molecular weight excluding hydrogens is 404 g/mol. The van der Waals surface area contributed by atoms with Gasteiger partial charge in [-0.1, -0.05) is 32.0 Å². The van der Waals surface area contributed by atoms with E-state index in [1.165, 1.54) is 4.90 Å². The van der Waals surface area contributed by atoms with Gasteiger partial charge in [0.25, 0.3) is 11.8 Å². The third-order valence-corrected chi connectivity index (χ3v) is 5.74. The molecule has 0 spiro atoms. The summed E-state index contributed by atoms with van der Waals surface area (Å²) >= 11 is 0. The van der Waals surface area contributed by atoms with Crippen molar-refractivity contribution in [1.82, 2.24) is 19.7 Å². The van der Waals surface area contributed by atoms with E-state index in [9.17, 15) is 9.59 Å². The van der Waals surface area contributed by atoms with Gasteiger partial charge in [-0.05, 0) is 42.8 Å². The molecule has 0 unspecified atom stereocenters. The van der Waals surface area contributed by atoms with Crippen molar-refractivity contribution in [1.29, 1.82) is 0 Å². The van der Waals surface area contributed by atoms with E-state index in [0.717, 1.165) is 24.4 Å². The number of pyridine rings is 1. The van der Waals surface area contributed by atoms with E-state index in [0.29, 0.717) is 42.6 Å². The molecule has 0 aliphatic carbocycles. The highest BCUT2D eigenvalue weighted by Crippen LogP contribution is 2.33. The summed E-state index contributed by atoms with van der Waals surface area (Å²) < 4.78 is 5.79. The first kappa shape index (κ1) is 22.0. The maximum Gasteiger partial charge on any atom is 0.278 e. The smallest absolute Gasteiger partial charge is 0.278 e. The number of piperazine rings is 1. The lowest BCUT2D eigenvalue weighted by atomic mass is 10.0. The Kier molecular flexibility index (Phi) is 6.55. The Morgan fingerprint density at radius 1 is 0.969 bits per heavy atom. The Labute approximate surface area is 189 Å². The number of likely N-dealkylation sites (N-methyl/N-ethyl adjacent to an activating group) is 1. The van der Waals surface area contributed by atoms with Crippen LogP contribution < -0.4 is 4.74 Å². The number of amides is 2. The van der Waals surface area contributed by atoms with Crippen LogP contribution in [0.4, 0.5) is 0 Å². The number of carbonyl (C=O) groups is 2. The summed E-state index contributed by atoms with van der Waals surface area (Å²) in [5.41, 5.74) is 2.38. The maximum atomic E-state index is 13.5. The van der Waals surface area contributed by atoms with Crippen LogP contribution in [0.15, 0.2) is 54.4 Å². The second-order valence-electron chi connectivity index (χ2n) is 8.76. The molecule has 2 aromatic rings. The van der Waals surface area contributed by atoms with Crippen LogP contribution in [0, 0.1) is 5.92 Å². The van der Waals surface area contributed by atoms with Crippen LogP contribution in [0.2, 0.25) is 0 Å². The minimum absolute atomic E-state index is 0.162. The van der Waals surface area contributed by atoms with Crippen LogP contribution in [0.1, 0.15) is 25.1 Å². The zero-order chi connectivity index (χ0) is 22.7. The number of carbonyl (C=O) groups excluding carboxylic acids is 2. The molecule has 3 heterocycles. The molecule has 2 amide bonds. The number of nitrogens with zero attached hydrogens (tertiary/aromatic N) is 4. The van der Waals surface area contributed by atoms with Crippen molar-refractivity contribution >= 4 is 17.4 Å². The van der Waals surface area contributed by atoms with Gasteiger partial charge < -0.3 is 14.5 Å². The number of aromatic nitrogens is 1. The number of imide groups is 1. The first-order chi connectivity index (χ1) is 15.4. The topological polar surface area (TPSA) is 66.0 Å². The van der Waals surface area contributed by atoms with Gasteiger partial charge in [-0.2, -0.15) is 0 Å². The van der Waals surface area contributed by atoms with E-state index in [-0.39, 0.29) is 18.4 Å². The van der Waals surface area contributed by atoms with E-state index in [2.05, 4.69) is 35.7 Å². The summed E-state index contributed by atoms with van der Waals surface area (Å²) in [7, 11) is 2.07. The van der Waals surface area contributed by atoms with Crippen molar-refractivity contribution in [2.24, 2.45) is 5.92 Å². The van der Waals surface area contributed by atoms with Crippen LogP contribution in [0.3, 0.4) is 0 Å². The van der Waals surface area contributed by atoms with Crippen LogP contribution >= 0.6 is 0 Å². The van der Waals surface area contributed by atoms with E-state index in [1.807, 2.05) is 42.5 Å². The van der Waals surface area contributed by atoms with Gasteiger partial charge in [-0.15, -0.1) is 0 Å². The van der Waals surface area contributed by atoms with E-state index >= 15 is 0 Å². The fourth-order valence-corrected chi connectivity index (χ4v) is 3.92. The fraction of sp³-hybridized carbons (Fsp3) is 0.400. The van der Waals surface area contributed by atoms with Crippen molar-refractivity contribution in [3.8, 4) is 5.75 Å². The molecule has 168 valence electrons. The summed E-state index contributed by atoms with van der Waals surface area (Å²) in [5, 5.41) is 0. The van der Waals surface area contributed by atoms with Gasteiger partial charge in [0.15, 0.2) is 0 Å². The molecule has 1 aromatic carbocycles. The average Bonchev–Trinajstić information content (AvgIpc) is 3.04. The van der Waals surface area contributed by atoms with Crippen molar-refractivity contribution in [2.45, 2.75) is 20.4 Å². The van der Waals surface area contributed by atoms with Gasteiger partial charge in [-0.3, -0.25) is 19.5 Å². The molecule has 7 nitrogen and oxygen atoms in total. The predicted octanol–water partition coefficient (Wildman–Crippen LogP) is 2.64. The van der Waals surface area contributed by atoms with E-state index < -0.39 is 0 Å². The Morgan fingerprint density at radius 2 is 1.69 bits per heavy atom. The molecule has 1 fully saturated rings. The van der Waals surface area contributed by atoms with Gasteiger partial charge in [0, 0.05) is 32.4 Å². The van der Waals surface area contributed by atoms with Gasteiger partial charge in [-0.25, -0.2) is 0 Å². The van der Waals surface area contributed by atoms with E-state index in [1.54, 1.807) is 6.20 Å². The SMILES string of the molecule is CC(C)COc1ccc(C2=C(N3CCN(C)CC3)C(=O)N(Cc3ccccn3)C2=O)cc1. The quantitative estimate of drug-likeness (QED) is 0.625. The Morgan fingerprint density at radius 3 is 2.31 bits per heavy atom. The number of hydrogen-bond acceptors (Lipinski definition) is 6. The molecule has 0 radical (unpaired) electrons. The van der Waals surface area contributed by atoms with Gasteiger partial charge in [0.05, 0.1) is 24.4 Å². The predicted molar refractivity (Wildman–Crippen MR) is 123 cm³/mol. The van der Waals surface area contributed by atoms with Gasteiger partial charge in [0.2, 0.25) is 0 Å². The fourth-order valence-electron chi connectivity index (χ4n) is 3.92. The second-order valence-corrected chi connectivity index (χ2v) is 8.76. The minimum atomic E-state index is -0.273. The monoisotopic (exact) mass is 434 g/mol. The summed E-state index contributed by atoms with van der Waals surface area (Å²) in [6, 6.07) is 13.0. The lowest BCUT2D eigenvalue weighted by molar-refractivity contribution is -0.138. The summed E-state index contributed by atoms with van der Waals surface area (Å²) in [5.74, 6) is 0.660. The zero-order valence-corrected chi connectivity index (χ0v) is 19.0. The molecule has 0 saturated carbocycles.